The van der Waals surface area contributed by atoms with Crippen molar-refractivity contribution in [2.75, 3.05) is 22.1 Å². The number of nitrogens with one attached hydrogen (secondary N) is 2. The first-order valence-corrected chi connectivity index (χ1v) is 11.8. The predicted molar refractivity (Wildman–Crippen MR) is 115 cm³/mol. The molecule has 0 aliphatic carbocycles. The predicted octanol–water partition coefficient (Wildman–Crippen LogP) is 3.82. The molecule has 0 aliphatic heterocycles. The number of nitrogens with zero attached hydrogens (tertiary/aromatic N) is 4. The van der Waals surface area contributed by atoms with Crippen molar-refractivity contribution in [3.8, 4) is 0 Å². The Hall–Kier alpha value is -1.99. The second-order valence-corrected chi connectivity index (χ2v) is 9.62. The molecule has 0 saturated heterocycles. The van der Waals surface area contributed by atoms with Gasteiger partial charge in [-0.15, -0.1) is 20.4 Å². The topological polar surface area (TPSA) is 128 Å². The quantitative estimate of drug-likeness (QED) is 0.508. The van der Waals surface area contributed by atoms with Gasteiger partial charge in [0.2, 0.25) is 10.3 Å². The van der Waals surface area contributed by atoms with E-state index in [0.29, 0.717) is 10.3 Å². The minimum absolute atomic E-state index is 0.187. The summed E-state index contributed by atoms with van der Waals surface area (Å²) in [5.74, 6) is 1.74. The first-order valence-electron chi connectivity index (χ1n) is 8.99. The minimum atomic E-state index is -0.527. The maximum Gasteiger partial charge on any atom is 0.413 e. The van der Waals surface area contributed by atoms with Crippen molar-refractivity contribution >= 4 is 56.9 Å². The van der Waals surface area contributed by atoms with Crippen molar-refractivity contribution in [1.29, 1.82) is 0 Å². The van der Waals surface area contributed by atoms with Crippen LogP contribution in [0.3, 0.4) is 0 Å². The highest BCUT2D eigenvalue weighted by molar-refractivity contribution is 7.99. The van der Waals surface area contributed by atoms with Crippen molar-refractivity contribution in [3.05, 3.63) is 10.0 Å². The number of hydrogen-bond donors (Lipinski definition) is 2. The Balaban J connectivity index is 1.63. The lowest BCUT2D eigenvalue weighted by atomic mass is 10.5. The summed E-state index contributed by atoms with van der Waals surface area (Å²) in [6.07, 6.45) is 0.0847. The van der Waals surface area contributed by atoms with E-state index in [2.05, 4.69) is 31.0 Å². The molecule has 160 valence electrons. The molecular weight excluding hydrogens is 436 g/mol. The normalized spacial score (nSPS) is 11.0. The van der Waals surface area contributed by atoms with Gasteiger partial charge in [-0.3, -0.25) is 10.6 Å². The molecule has 0 spiro atoms. The number of carbonyl (C=O) groups is 2. The molecule has 2 rings (SSSR count). The lowest BCUT2D eigenvalue weighted by molar-refractivity contribution is 0.129. The largest absolute Gasteiger partial charge is 0.447 e. The molecule has 0 radical (unpaired) electrons. The summed E-state index contributed by atoms with van der Waals surface area (Å²) in [4.78, 5) is 23.1. The summed E-state index contributed by atoms with van der Waals surface area (Å²) < 4.78 is 10.0. The number of hydrogen-bond acceptors (Lipinski definition) is 11. The maximum absolute atomic E-state index is 11.5. The minimum Gasteiger partial charge on any atom is -0.447 e. The SMILES string of the molecule is CC(C)OC(=O)Nc1nnc(CCSCCc2nnc(NC(=O)OC(C)C)s2)s1. The summed E-state index contributed by atoms with van der Waals surface area (Å²) in [5.41, 5.74) is 0. The molecule has 0 bridgehead atoms. The summed E-state index contributed by atoms with van der Waals surface area (Å²) in [7, 11) is 0. The third kappa shape index (κ3) is 9.37. The van der Waals surface area contributed by atoms with Gasteiger partial charge in [0, 0.05) is 12.8 Å². The molecule has 13 heteroatoms. The second kappa shape index (κ2) is 11.9. The Bertz CT molecular complexity index is 731. The molecular formula is C16H24N6O4S3. The van der Waals surface area contributed by atoms with Crippen molar-refractivity contribution in [3.63, 3.8) is 0 Å². The standard InChI is InChI=1S/C16H24N6O4S3/c1-9(2)25-15(23)17-13-21-19-11(28-13)5-7-27-8-6-12-20-22-14(29-12)18-16(24)26-10(3)4/h9-10H,5-8H2,1-4H3,(H,17,21,23)(H,18,22,24). The van der Waals surface area contributed by atoms with Gasteiger partial charge in [-0.05, 0) is 39.2 Å². The molecule has 2 amide bonds. The molecule has 0 saturated carbocycles. The van der Waals surface area contributed by atoms with E-state index >= 15 is 0 Å². The number of anilines is 2. The van der Waals surface area contributed by atoms with Gasteiger partial charge in [0.1, 0.15) is 10.0 Å². The number of carbonyl (C=O) groups excluding carboxylic acids is 2. The smallest absolute Gasteiger partial charge is 0.413 e. The van der Waals surface area contributed by atoms with Crippen LogP contribution in [0.2, 0.25) is 0 Å². The molecule has 0 aliphatic rings. The van der Waals surface area contributed by atoms with Crippen molar-refractivity contribution in [2.45, 2.75) is 52.7 Å². The first-order chi connectivity index (χ1) is 13.8. The number of aromatic nitrogens is 4. The van der Waals surface area contributed by atoms with E-state index in [1.54, 1.807) is 39.5 Å². The molecule has 2 N–H and O–H groups in total. The Morgan fingerprint density at radius 3 is 1.62 bits per heavy atom. The van der Waals surface area contributed by atoms with Crippen LogP contribution in [-0.2, 0) is 22.3 Å². The van der Waals surface area contributed by atoms with Crippen LogP contribution in [0.25, 0.3) is 0 Å². The maximum atomic E-state index is 11.5. The van der Waals surface area contributed by atoms with Crippen LogP contribution in [-0.4, -0.2) is 56.3 Å². The first kappa shape index (κ1) is 23.3. The zero-order valence-electron chi connectivity index (χ0n) is 16.6. The average Bonchev–Trinajstić information content (AvgIpc) is 3.22. The monoisotopic (exact) mass is 460 g/mol. The number of aryl methyl sites for hydroxylation is 2. The Labute approximate surface area is 181 Å². The fourth-order valence-electron chi connectivity index (χ4n) is 1.89. The third-order valence-corrected chi connectivity index (χ3v) is 5.74. The van der Waals surface area contributed by atoms with Gasteiger partial charge >= 0.3 is 12.2 Å². The molecule has 2 heterocycles. The van der Waals surface area contributed by atoms with Crippen molar-refractivity contribution < 1.29 is 19.1 Å². The summed E-state index contributed by atoms with van der Waals surface area (Å²) in [5, 5.41) is 23.7. The number of amides is 2. The van der Waals surface area contributed by atoms with E-state index in [1.165, 1.54) is 22.7 Å². The van der Waals surface area contributed by atoms with E-state index in [9.17, 15) is 9.59 Å². The van der Waals surface area contributed by atoms with Crippen LogP contribution in [0.15, 0.2) is 0 Å². The van der Waals surface area contributed by atoms with E-state index in [0.717, 1.165) is 34.4 Å². The van der Waals surface area contributed by atoms with Gasteiger partial charge in [0.25, 0.3) is 0 Å². The lowest BCUT2D eigenvalue weighted by Crippen LogP contribution is -2.17. The molecule has 0 aromatic carbocycles. The highest BCUT2D eigenvalue weighted by Crippen LogP contribution is 2.20. The Morgan fingerprint density at radius 2 is 1.24 bits per heavy atom. The Kier molecular flexibility index (Phi) is 9.54. The van der Waals surface area contributed by atoms with Crippen LogP contribution in [0, 0.1) is 0 Å². The zero-order valence-corrected chi connectivity index (χ0v) is 19.1. The molecule has 0 atom stereocenters. The molecule has 10 nitrogen and oxygen atoms in total. The van der Waals surface area contributed by atoms with E-state index in [1.807, 2.05) is 0 Å². The molecule has 2 aromatic heterocycles. The van der Waals surface area contributed by atoms with E-state index in [-0.39, 0.29) is 12.2 Å². The number of ether oxygens (including phenoxy) is 2. The van der Waals surface area contributed by atoms with Crippen LogP contribution in [0.1, 0.15) is 37.7 Å². The fourth-order valence-corrected chi connectivity index (χ4v) is 4.48. The summed E-state index contributed by atoms with van der Waals surface area (Å²) in [6, 6.07) is 0. The van der Waals surface area contributed by atoms with Crippen LogP contribution < -0.4 is 10.6 Å². The van der Waals surface area contributed by atoms with Gasteiger partial charge in [-0.1, -0.05) is 22.7 Å². The van der Waals surface area contributed by atoms with Gasteiger partial charge in [-0.25, -0.2) is 9.59 Å². The van der Waals surface area contributed by atoms with Crippen molar-refractivity contribution in [2.24, 2.45) is 0 Å². The Morgan fingerprint density at radius 1 is 0.828 bits per heavy atom. The van der Waals surface area contributed by atoms with Crippen LogP contribution >= 0.6 is 34.4 Å². The average molecular weight is 461 g/mol. The van der Waals surface area contributed by atoms with Gasteiger partial charge < -0.3 is 9.47 Å². The van der Waals surface area contributed by atoms with Crippen molar-refractivity contribution in [1.82, 2.24) is 20.4 Å². The van der Waals surface area contributed by atoms with Crippen LogP contribution in [0.4, 0.5) is 19.9 Å². The lowest BCUT2D eigenvalue weighted by Gasteiger charge is -2.06. The molecule has 0 fully saturated rings. The van der Waals surface area contributed by atoms with E-state index in [4.69, 9.17) is 9.47 Å². The number of rotatable bonds is 10. The molecule has 29 heavy (non-hydrogen) atoms. The number of thioether (sulfide) groups is 1. The zero-order chi connectivity index (χ0) is 21.2. The molecule has 0 unspecified atom stereocenters. The van der Waals surface area contributed by atoms with Crippen LogP contribution in [0.5, 0.6) is 0 Å². The summed E-state index contributed by atoms with van der Waals surface area (Å²) in [6.45, 7) is 7.12. The third-order valence-electron chi connectivity index (χ3n) is 2.96. The van der Waals surface area contributed by atoms with Gasteiger partial charge in [-0.2, -0.15) is 11.8 Å². The highest BCUT2D eigenvalue weighted by atomic mass is 32.2. The second-order valence-electron chi connectivity index (χ2n) is 6.27. The van der Waals surface area contributed by atoms with Gasteiger partial charge in [0.15, 0.2) is 0 Å². The van der Waals surface area contributed by atoms with Gasteiger partial charge in [0.05, 0.1) is 12.2 Å². The van der Waals surface area contributed by atoms with E-state index < -0.39 is 12.2 Å². The molecule has 2 aromatic rings. The fraction of sp³-hybridized carbons (Fsp3) is 0.625. The highest BCUT2D eigenvalue weighted by Gasteiger charge is 2.12. The summed E-state index contributed by atoms with van der Waals surface area (Å²) >= 11 is 4.43.